The lowest BCUT2D eigenvalue weighted by atomic mass is 10.0. The molecule has 1 amide bonds. The lowest BCUT2D eigenvalue weighted by Crippen LogP contribution is -2.11. The highest BCUT2D eigenvalue weighted by Crippen LogP contribution is 2.28. The maximum Gasteiger partial charge on any atom is 0.257 e. The number of carbonyl (C=O) groups is 1. The molecule has 1 aromatic heterocycles. The van der Waals surface area contributed by atoms with Crippen LogP contribution in [-0.2, 0) is 0 Å². The van der Waals surface area contributed by atoms with Crippen molar-refractivity contribution < 1.29 is 4.79 Å². The third-order valence-corrected chi connectivity index (χ3v) is 4.84. The number of amides is 1. The molecular weight excluding hydrogens is 294 g/mol. The van der Waals surface area contributed by atoms with Crippen LogP contribution in [0.2, 0.25) is 0 Å². The summed E-state index contributed by atoms with van der Waals surface area (Å²) in [5.74, 6) is 0.749. The van der Waals surface area contributed by atoms with Gasteiger partial charge < -0.3 is 0 Å². The minimum atomic E-state index is -0.137. The fraction of sp³-hybridized carbons (Fsp3) is 0.471. The Bertz CT molecular complexity index is 615. The Morgan fingerprint density at radius 3 is 2.32 bits per heavy atom. The van der Waals surface area contributed by atoms with Gasteiger partial charge in [-0.05, 0) is 36.5 Å². The highest BCUT2D eigenvalue weighted by molar-refractivity contribution is 7.15. The van der Waals surface area contributed by atoms with Gasteiger partial charge in [0.1, 0.15) is 5.01 Å². The molecule has 5 heteroatoms. The number of hydrogen-bond donors (Lipinski definition) is 1. The van der Waals surface area contributed by atoms with E-state index in [0.29, 0.717) is 22.5 Å². The van der Waals surface area contributed by atoms with Crippen molar-refractivity contribution >= 4 is 22.4 Å². The van der Waals surface area contributed by atoms with Crippen molar-refractivity contribution in [2.75, 3.05) is 5.32 Å². The van der Waals surface area contributed by atoms with Crippen LogP contribution < -0.4 is 5.32 Å². The Morgan fingerprint density at radius 2 is 1.77 bits per heavy atom. The Kier molecular flexibility index (Phi) is 5.66. The largest absolute Gasteiger partial charge is 0.296 e. The van der Waals surface area contributed by atoms with Gasteiger partial charge in [0.05, 0.1) is 0 Å². The zero-order valence-electron chi connectivity index (χ0n) is 13.6. The molecule has 1 aromatic carbocycles. The average Bonchev–Trinajstić information content (AvgIpc) is 2.97. The summed E-state index contributed by atoms with van der Waals surface area (Å²) in [5.41, 5.74) is 1.87. The Balaban J connectivity index is 2.05. The smallest absolute Gasteiger partial charge is 0.257 e. The van der Waals surface area contributed by atoms with Crippen molar-refractivity contribution in [3.05, 3.63) is 40.4 Å². The quantitative estimate of drug-likeness (QED) is 0.831. The first kappa shape index (κ1) is 16.6. The fourth-order valence-electron chi connectivity index (χ4n) is 2.28. The summed E-state index contributed by atoms with van der Waals surface area (Å²) >= 11 is 1.47. The van der Waals surface area contributed by atoms with Crippen LogP contribution in [0.3, 0.4) is 0 Å². The third-order valence-electron chi connectivity index (χ3n) is 3.84. The van der Waals surface area contributed by atoms with E-state index in [0.717, 1.165) is 17.8 Å². The summed E-state index contributed by atoms with van der Waals surface area (Å²) in [6.45, 7) is 8.56. The van der Waals surface area contributed by atoms with Gasteiger partial charge in [-0.2, -0.15) is 0 Å². The van der Waals surface area contributed by atoms with Gasteiger partial charge >= 0.3 is 0 Å². The fourth-order valence-corrected chi connectivity index (χ4v) is 3.28. The Hall–Kier alpha value is -1.75. The van der Waals surface area contributed by atoms with Crippen LogP contribution >= 0.6 is 11.3 Å². The van der Waals surface area contributed by atoms with Crippen molar-refractivity contribution in [2.45, 2.75) is 52.4 Å². The number of nitrogens with one attached hydrogen (secondary N) is 1. The molecule has 0 bridgehead atoms. The molecule has 2 rings (SSSR count). The molecule has 22 heavy (non-hydrogen) atoms. The van der Waals surface area contributed by atoms with E-state index in [4.69, 9.17) is 0 Å². The van der Waals surface area contributed by atoms with Crippen LogP contribution in [-0.4, -0.2) is 16.1 Å². The third kappa shape index (κ3) is 3.91. The average molecular weight is 317 g/mol. The van der Waals surface area contributed by atoms with E-state index < -0.39 is 0 Å². The van der Waals surface area contributed by atoms with Gasteiger partial charge in [0, 0.05) is 11.5 Å². The normalized spacial score (nSPS) is 11.2. The van der Waals surface area contributed by atoms with Gasteiger partial charge in [-0.1, -0.05) is 51.2 Å². The van der Waals surface area contributed by atoms with E-state index in [2.05, 4.69) is 43.2 Å². The number of benzene rings is 1. The van der Waals surface area contributed by atoms with Crippen LogP contribution in [0.1, 0.15) is 73.3 Å². The Labute approximate surface area is 136 Å². The summed E-state index contributed by atoms with van der Waals surface area (Å²) in [7, 11) is 0. The molecule has 118 valence electrons. The monoisotopic (exact) mass is 317 g/mol. The molecule has 0 aliphatic heterocycles. The lowest BCUT2D eigenvalue weighted by molar-refractivity contribution is 0.102. The van der Waals surface area contributed by atoms with Gasteiger partial charge in [0.15, 0.2) is 0 Å². The van der Waals surface area contributed by atoms with Crippen molar-refractivity contribution in [3.8, 4) is 0 Å². The summed E-state index contributed by atoms with van der Waals surface area (Å²) < 4.78 is 0. The maximum absolute atomic E-state index is 12.2. The minimum Gasteiger partial charge on any atom is -0.296 e. The van der Waals surface area contributed by atoms with Crippen LogP contribution in [0.15, 0.2) is 24.3 Å². The zero-order valence-corrected chi connectivity index (χ0v) is 14.4. The second-order valence-electron chi connectivity index (χ2n) is 5.69. The molecule has 1 heterocycles. The number of rotatable bonds is 6. The molecule has 0 saturated carbocycles. The number of anilines is 1. The van der Waals surface area contributed by atoms with Gasteiger partial charge in [0.25, 0.3) is 5.91 Å². The van der Waals surface area contributed by atoms with Gasteiger partial charge in [0.2, 0.25) is 5.13 Å². The van der Waals surface area contributed by atoms with Crippen LogP contribution in [0, 0.1) is 0 Å². The molecule has 0 fully saturated rings. The SMILES string of the molecule is CCC(CC)c1nnc(NC(=O)c2ccc(C(C)C)cc2)s1. The van der Waals surface area contributed by atoms with Crippen LogP contribution in [0.25, 0.3) is 0 Å². The van der Waals surface area contributed by atoms with Crippen LogP contribution in [0.5, 0.6) is 0 Å². The first-order valence-electron chi connectivity index (χ1n) is 7.79. The maximum atomic E-state index is 12.2. The van der Waals surface area contributed by atoms with E-state index >= 15 is 0 Å². The van der Waals surface area contributed by atoms with Crippen molar-refractivity contribution in [1.29, 1.82) is 0 Å². The van der Waals surface area contributed by atoms with Gasteiger partial charge in [-0.25, -0.2) is 0 Å². The molecule has 4 nitrogen and oxygen atoms in total. The van der Waals surface area contributed by atoms with Crippen molar-refractivity contribution in [2.24, 2.45) is 0 Å². The number of hydrogen-bond acceptors (Lipinski definition) is 4. The topological polar surface area (TPSA) is 54.9 Å². The van der Waals surface area contributed by atoms with Gasteiger partial charge in [-0.15, -0.1) is 10.2 Å². The number of nitrogens with zero attached hydrogens (tertiary/aromatic N) is 2. The lowest BCUT2D eigenvalue weighted by Gasteiger charge is -2.07. The first-order valence-corrected chi connectivity index (χ1v) is 8.61. The standard InChI is InChI=1S/C17H23N3OS/c1-5-12(6-2)16-19-20-17(22-16)18-15(21)14-9-7-13(8-10-14)11(3)4/h7-12H,5-6H2,1-4H3,(H,18,20,21). The number of carbonyl (C=O) groups excluding carboxylic acids is 1. The van der Waals surface area contributed by atoms with E-state index in [-0.39, 0.29) is 5.91 Å². The molecule has 0 aliphatic carbocycles. The van der Waals surface area contributed by atoms with E-state index in [1.807, 2.05) is 24.3 Å². The molecule has 2 aromatic rings. The molecule has 0 radical (unpaired) electrons. The molecule has 0 aliphatic rings. The summed E-state index contributed by atoms with van der Waals surface area (Å²) in [5, 5.41) is 12.7. The van der Waals surface area contributed by atoms with E-state index in [9.17, 15) is 4.79 Å². The minimum absolute atomic E-state index is 0.137. The number of aromatic nitrogens is 2. The second kappa shape index (κ2) is 7.49. The highest BCUT2D eigenvalue weighted by Gasteiger charge is 2.15. The van der Waals surface area contributed by atoms with Crippen molar-refractivity contribution in [1.82, 2.24) is 10.2 Å². The zero-order chi connectivity index (χ0) is 16.1. The highest BCUT2D eigenvalue weighted by atomic mass is 32.1. The summed E-state index contributed by atoms with van der Waals surface area (Å²) in [4.78, 5) is 12.2. The Morgan fingerprint density at radius 1 is 1.14 bits per heavy atom. The van der Waals surface area contributed by atoms with E-state index in [1.165, 1.54) is 16.9 Å². The predicted molar refractivity (Wildman–Crippen MR) is 91.7 cm³/mol. The molecule has 0 saturated heterocycles. The molecule has 0 unspecified atom stereocenters. The summed E-state index contributed by atoms with van der Waals surface area (Å²) in [6, 6.07) is 7.70. The molecule has 0 atom stereocenters. The van der Waals surface area contributed by atoms with E-state index in [1.54, 1.807) is 0 Å². The van der Waals surface area contributed by atoms with Crippen molar-refractivity contribution in [3.63, 3.8) is 0 Å². The second-order valence-corrected chi connectivity index (χ2v) is 6.70. The van der Waals surface area contributed by atoms with Crippen LogP contribution in [0.4, 0.5) is 5.13 Å². The summed E-state index contributed by atoms with van der Waals surface area (Å²) in [6.07, 6.45) is 2.07. The van der Waals surface area contributed by atoms with Gasteiger partial charge in [-0.3, -0.25) is 10.1 Å². The molecular formula is C17H23N3OS. The predicted octanol–water partition coefficient (Wildman–Crippen LogP) is 4.82. The molecule has 1 N–H and O–H groups in total. The first-order chi connectivity index (χ1) is 10.5. The molecule has 0 spiro atoms.